The minimum Gasteiger partial charge on any atom is -0.494 e. The number of nitrogens with zero attached hydrogens (tertiary/aromatic N) is 4. The summed E-state index contributed by atoms with van der Waals surface area (Å²) in [6, 6.07) is 15.2. The van der Waals surface area contributed by atoms with E-state index in [1.54, 1.807) is 18.7 Å². The van der Waals surface area contributed by atoms with E-state index in [0.717, 1.165) is 11.1 Å². The summed E-state index contributed by atoms with van der Waals surface area (Å²) in [7, 11) is 1.59. The van der Waals surface area contributed by atoms with E-state index in [1.165, 1.54) is 11.8 Å². The second kappa shape index (κ2) is 8.68. The lowest BCUT2D eigenvalue weighted by Gasteiger charge is -2.16. The Morgan fingerprint density at radius 1 is 1.22 bits per heavy atom. The van der Waals surface area contributed by atoms with Crippen molar-refractivity contribution in [1.82, 2.24) is 20.2 Å². The van der Waals surface area contributed by atoms with Crippen LogP contribution in [0.2, 0.25) is 0 Å². The molecule has 8 heteroatoms. The molecule has 1 aromatic heterocycles. The van der Waals surface area contributed by atoms with Gasteiger partial charge in [-0.3, -0.25) is 4.79 Å². The minimum absolute atomic E-state index is 0.305. The summed E-state index contributed by atoms with van der Waals surface area (Å²) in [6.45, 7) is 4.07. The Kier molecular flexibility index (Phi) is 6.08. The third-order valence-electron chi connectivity index (χ3n) is 3.83. The third-order valence-corrected chi connectivity index (χ3v) is 5.00. The number of tetrazole rings is 1. The van der Waals surface area contributed by atoms with Gasteiger partial charge in [0.25, 0.3) is 0 Å². The summed E-state index contributed by atoms with van der Waals surface area (Å²) in [5.74, 6) is 0.307. The number of hydrogen-bond donors (Lipinski definition) is 0. The molecule has 0 aliphatic rings. The monoisotopic (exact) mass is 384 g/mol. The number of aryl methyl sites for hydroxylation is 1. The molecule has 0 aliphatic heterocycles. The number of carbonyl (C=O) groups excluding carboxylic acids is 1. The molecule has 0 spiro atoms. The van der Waals surface area contributed by atoms with Crippen LogP contribution in [0.3, 0.4) is 0 Å². The molecule has 0 aliphatic carbocycles. The van der Waals surface area contributed by atoms with Gasteiger partial charge >= 0.3 is 5.97 Å². The average molecular weight is 384 g/mol. The van der Waals surface area contributed by atoms with Crippen LogP contribution < -0.4 is 4.74 Å². The topological polar surface area (TPSA) is 79.1 Å². The first-order valence-electron chi connectivity index (χ1n) is 8.45. The second-order valence-corrected chi connectivity index (χ2v) is 6.78. The van der Waals surface area contributed by atoms with E-state index in [0.29, 0.717) is 23.2 Å². The molecule has 0 saturated carbocycles. The van der Waals surface area contributed by atoms with Crippen molar-refractivity contribution in [3.05, 3.63) is 59.7 Å². The van der Waals surface area contributed by atoms with Crippen LogP contribution in [-0.2, 0) is 9.53 Å². The number of ether oxygens (including phenoxy) is 2. The van der Waals surface area contributed by atoms with Crippen LogP contribution in [0.25, 0.3) is 5.69 Å². The summed E-state index contributed by atoms with van der Waals surface area (Å²) in [4.78, 5) is 12.5. The van der Waals surface area contributed by atoms with E-state index >= 15 is 0 Å². The Morgan fingerprint density at radius 2 is 2.00 bits per heavy atom. The van der Waals surface area contributed by atoms with Crippen molar-refractivity contribution in [3.8, 4) is 11.4 Å². The number of carbonyl (C=O) groups is 1. The molecule has 7 nitrogen and oxygen atoms in total. The lowest BCUT2D eigenvalue weighted by Crippen LogP contribution is -2.14. The van der Waals surface area contributed by atoms with Crippen molar-refractivity contribution in [3.63, 3.8) is 0 Å². The molecule has 0 unspecified atom stereocenters. The van der Waals surface area contributed by atoms with E-state index in [9.17, 15) is 4.79 Å². The highest BCUT2D eigenvalue weighted by Crippen LogP contribution is 2.37. The summed E-state index contributed by atoms with van der Waals surface area (Å²) in [5, 5.41) is 11.9. The number of thioether (sulfide) groups is 1. The van der Waals surface area contributed by atoms with Crippen molar-refractivity contribution in [2.45, 2.75) is 24.3 Å². The first-order valence-corrected chi connectivity index (χ1v) is 9.33. The highest BCUT2D eigenvalue weighted by Gasteiger charge is 2.27. The maximum atomic E-state index is 12.5. The highest BCUT2D eigenvalue weighted by atomic mass is 32.2. The van der Waals surface area contributed by atoms with Crippen LogP contribution in [0.1, 0.15) is 23.3 Å². The van der Waals surface area contributed by atoms with Gasteiger partial charge in [-0.05, 0) is 47.5 Å². The molecule has 1 atom stereocenters. The molecule has 0 fully saturated rings. The van der Waals surface area contributed by atoms with E-state index in [1.807, 2.05) is 55.5 Å². The Balaban J connectivity index is 1.99. The van der Waals surface area contributed by atoms with Gasteiger partial charge in [-0.25, -0.2) is 0 Å². The summed E-state index contributed by atoms with van der Waals surface area (Å²) < 4.78 is 12.3. The number of methoxy groups -OCH3 is 1. The zero-order valence-corrected chi connectivity index (χ0v) is 16.1. The zero-order valence-electron chi connectivity index (χ0n) is 15.3. The minimum atomic E-state index is -0.577. The SMILES string of the molecule is CCOC(=O)[C@@H](Sc1nnnn1-c1cc(C)ccc1OC)c1ccccc1. The molecule has 3 aromatic rings. The molecular weight excluding hydrogens is 364 g/mol. The Bertz CT molecular complexity index is 914. The zero-order chi connectivity index (χ0) is 19.2. The molecule has 0 saturated heterocycles. The highest BCUT2D eigenvalue weighted by molar-refractivity contribution is 8.00. The Hall–Kier alpha value is -2.87. The van der Waals surface area contributed by atoms with Gasteiger partial charge in [-0.1, -0.05) is 48.2 Å². The smallest absolute Gasteiger partial charge is 0.324 e. The van der Waals surface area contributed by atoms with Crippen molar-refractivity contribution in [1.29, 1.82) is 0 Å². The lowest BCUT2D eigenvalue weighted by atomic mass is 10.1. The largest absolute Gasteiger partial charge is 0.494 e. The summed E-state index contributed by atoms with van der Waals surface area (Å²) in [5.41, 5.74) is 2.58. The van der Waals surface area contributed by atoms with Gasteiger partial charge < -0.3 is 9.47 Å². The van der Waals surface area contributed by atoms with Crippen molar-refractivity contribution < 1.29 is 14.3 Å². The average Bonchev–Trinajstić information content (AvgIpc) is 3.15. The molecule has 2 aromatic carbocycles. The van der Waals surface area contributed by atoms with Crippen LogP contribution in [0.5, 0.6) is 5.75 Å². The Labute approximate surface area is 161 Å². The molecule has 0 N–H and O–H groups in total. The standard InChI is InChI=1S/C19H20N4O3S/c1-4-26-18(24)17(14-8-6-5-7-9-14)27-19-20-21-22-23(19)15-12-13(2)10-11-16(15)25-3/h5-12,17H,4H2,1-3H3/t17-/m0/s1. The van der Waals surface area contributed by atoms with E-state index in [-0.39, 0.29) is 5.97 Å². The number of hydrogen-bond acceptors (Lipinski definition) is 7. The van der Waals surface area contributed by atoms with Gasteiger partial charge in [0.1, 0.15) is 16.7 Å². The number of rotatable bonds is 7. The van der Waals surface area contributed by atoms with Gasteiger partial charge in [0.05, 0.1) is 13.7 Å². The van der Waals surface area contributed by atoms with E-state index in [4.69, 9.17) is 9.47 Å². The van der Waals surface area contributed by atoms with Gasteiger partial charge in [-0.15, -0.1) is 5.10 Å². The number of aromatic nitrogens is 4. The molecule has 0 amide bonds. The number of benzene rings is 2. The predicted molar refractivity (Wildman–Crippen MR) is 102 cm³/mol. The van der Waals surface area contributed by atoms with Gasteiger partial charge in [-0.2, -0.15) is 4.68 Å². The van der Waals surface area contributed by atoms with Crippen LogP contribution in [0.15, 0.2) is 53.7 Å². The van der Waals surface area contributed by atoms with Crippen molar-refractivity contribution in [2.24, 2.45) is 0 Å². The van der Waals surface area contributed by atoms with Crippen LogP contribution in [0.4, 0.5) is 0 Å². The quantitative estimate of drug-likeness (QED) is 0.456. The molecule has 27 heavy (non-hydrogen) atoms. The molecule has 1 heterocycles. The van der Waals surface area contributed by atoms with E-state index in [2.05, 4.69) is 15.5 Å². The van der Waals surface area contributed by atoms with Crippen LogP contribution in [-0.4, -0.2) is 39.9 Å². The molecular formula is C19H20N4O3S. The third kappa shape index (κ3) is 4.28. The van der Waals surface area contributed by atoms with Crippen molar-refractivity contribution >= 4 is 17.7 Å². The lowest BCUT2D eigenvalue weighted by molar-refractivity contribution is -0.142. The summed E-state index contributed by atoms with van der Waals surface area (Å²) in [6.07, 6.45) is 0. The Morgan fingerprint density at radius 3 is 2.70 bits per heavy atom. The van der Waals surface area contributed by atoms with Crippen molar-refractivity contribution in [2.75, 3.05) is 13.7 Å². The van der Waals surface area contributed by atoms with Crippen LogP contribution in [0, 0.1) is 6.92 Å². The van der Waals surface area contributed by atoms with Crippen LogP contribution >= 0.6 is 11.8 Å². The molecule has 140 valence electrons. The summed E-state index contributed by atoms with van der Waals surface area (Å²) >= 11 is 1.24. The maximum Gasteiger partial charge on any atom is 0.324 e. The predicted octanol–water partition coefficient (Wildman–Crippen LogP) is 3.38. The fourth-order valence-corrected chi connectivity index (χ4v) is 3.56. The first-order chi connectivity index (χ1) is 13.1. The first kappa shape index (κ1) is 18.9. The fourth-order valence-electron chi connectivity index (χ4n) is 2.57. The second-order valence-electron chi connectivity index (χ2n) is 5.71. The maximum absolute atomic E-state index is 12.5. The molecule has 0 bridgehead atoms. The number of esters is 1. The van der Waals surface area contributed by atoms with E-state index < -0.39 is 5.25 Å². The van der Waals surface area contributed by atoms with Gasteiger partial charge in [0.2, 0.25) is 5.16 Å². The van der Waals surface area contributed by atoms with Gasteiger partial charge in [0, 0.05) is 0 Å². The normalized spacial score (nSPS) is 11.8. The molecule has 0 radical (unpaired) electrons. The van der Waals surface area contributed by atoms with Gasteiger partial charge in [0.15, 0.2) is 0 Å². The fraction of sp³-hybridized carbons (Fsp3) is 0.263. The molecule has 3 rings (SSSR count).